The predicted octanol–water partition coefficient (Wildman–Crippen LogP) is 3.28. The number of hydrogen-bond donors (Lipinski definition) is 0. The van der Waals surface area contributed by atoms with Crippen molar-refractivity contribution < 1.29 is 13.9 Å². The Kier molecular flexibility index (Phi) is 3.68. The highest BCUT2D eigenvalue weighted by Gasteiger charge is 2.30. The lowest BCUT2D eigenvalue weighted by molar-refractivity contribution is -0.0588. The van der Waals surface area contributed by atoms with E-state index in [1.807, 2.05) is 30.9 Å². The summed E-state index contributed by atoms with van der Waals surface area (Å²) in [6.07, 6.45) is 5.70. The normalized spacial score (nSPS) is 25.7. The van der Waals surface area contributed by atoms with Crippen LogP contribution in [-0.2, 0) is 11.3 Å². The first-order chi connectivity index (χ1) is 11.1. The second kappa shape index (κ2) is 5.71. The fraction of sp³-hybridized carbons (Fsp3) is 0.611. The molecule has 2 aliphatic rings. The van der Waals surface area contributed by atoms with Gasteiger partial charge in [0, 0.05) is 31.8 Å². The average Bonchev–Trinajstić information content (AvgIpc) is 3.02. The Labute approximate surface area is 136 Å². The van der Waals surface area contributed by atoms with E-state index in [0.717, 1.165) is 23.3 Å². The maximum absolute atomic E-state index is 13.1. The summed E-state index contributed by atoms with van der Waals surface area (Å²) in [7, 11) is 0. The van der Waals surface area contributed by atoms with Gasteiger partial charge in [-0.3, -0.25) is 4.79 Å². The zero-order valence-corrected chi connectivity index (χ0v) is 13.8. The molecule has 4 rings (SSSR count). The quantitative estimate of drug-likeness (QED) is 0.873. The van der Waals surface area contributed by atoms with Crippen molar-refractivity contribution in [3.8, 4) is 0 Å². The molecule has 1 saturated heterocycles. The summed E-state index contributed by atoms with van der Waals surface area (Å²) in [6, 6.07) is 3.87. The number of ether oxygens (including phenoxy) is 1. The molecule has 2 aromatic rings. The number of aromatic nitrogens is 1. The highest BCUT2D eigenvalue weighted by atomic mass is 16.5. The van der Waals surface area contributed by atoms with Gasteiger partial charge in [-0.2, -0.15) is 0 Å². The van der Waals surface area contributed by atoms with Gasteiger partial charge in [0.05, 0.1) is 24.0 Å². The molecule has 5 heteroatoms. The van der Waals surface area contributed by atoms with Crippen LogP contribution in [0.4, 0.5) is 0 Å². The van der Waals surface area contributed by atoms with E-state index >= 15 is 0 Å². The minimum Gasteiger partial charge on any atom is -0.463 e. The van der Waals surface area contributed by atoms with Gasteiger partial charge in [0.15, 0.2) is 5.58 Å². The highest BCUT2D eigenvalue weighted by molar-refractivity contribution is 5.97. The van der Waals surface area contributed by atoms with Crippen molar-refractivity contribution in [2.75, 3.05) is 13.1 Å². The molecule has 1 aliphatic heterocycles. The third-order valence-electron chi connectivity index (χ3n) is 5.11. The van der Waals surface area contributed by atoms with Gasteiger partial charge in [0.25, 0.3) is 5.91 Å². The third kappa shape index (κ3) is 2.67. The first-order valence-corrected chi connectivity index (χ1v) is 8.63. The smallest absolute Gasteiger partial charge is 0.270 e. The zero-order chi connectivity index (χ0) is 16.0. The van der Waals surface area contributed by atoms with Gasteiger partial charge in [-0.05, 0) is 32.6 Å². The van der Waals surface area contributed by atoms with Crippen molar-refractivity contribution in [3.05, 3.63) is 24.1 Å². The molecule has 1 saturated carbocycles. The van der Waals surface area contributed by atoms with Gasteiger partial charge >= 0.3 is 0 Å². The molecule has 1 amide bonds. The topological polar surface area (TPSA) is 47.6 Å². The fourth-order valence-electron chi connectivity index (χ4n) is 3.79. The van der Waals surface area contributed by atoms with Crippen LogP contribution < -0.4 is 0 Å². The number of rotatable bonds is 3. The van der Waals surface area contributed by atoms with Crippen molar-refractivity contribution in [2.45, 2.75) is 51.9 Å². The molecule has 0 N–H and O–H groups in total. The van der Waals surface area contributed by atoms with Crippen LogP contribution in [0, 0.1) is 5.92 Å². The molecule has 5 nitrogen and oxygen atoms in total. The predicted molar refractivity (Wildman–Crippen MR) is 87.5 cm³/mol. The fourth-order valence-corrected chi connectivity index (χ4v) is 3.79. The van der Waals surface area contributed by atoms with Crippen LogP contribution in [0.5, 0.6) is 0 Å². The first-order valence-electron chi connectivity index (χ1n) is 8.63. The Bertz CT molecular complexity index is 703. The van der Waals surface area contributed by atoms with Gasteiger partial charge in [-0.15, -0.1) is 0 Å². The molecular formula is C18H24N2O3. The van der Waals surface area contributed by atoms with Crippen LogP contribution in [0.3, 0.4) is 0 Å². The SMILES string of the molecule is C[C@H]1CN(C(=O)c2cc3occc3n2CC2CCC2)C[C@H](C)O1. The van der Waals surface area contributed by atoms with E-state index in [1.165, 1.54) is 19.3 Å². The van der Waals surface area contributed by atoms with E-state index in [0.29, 0.717) is 19.0 Å². The molecule has 0 spiro atoms. The Morgan fingerprint density at radius 2 is 2.00 bits per heavy atom. The van der Waals surface area contributed by atoms with E-state index in [-0.39, 0.29) is 18.1 Å². The summed E-state index contributed by atoms with van der Waals surface area (Å²) in [6.45, 7) is 6.27. The summed E-state index contributed by atoms with van der Waals surface area (Å²) in [5.41, 5.74) is 2.60. The molecular weight excluding hydrogens is 292 g/mol. The maximum Gasteiger partial charge on any atom is 0.270 e. The minimum absolute atomic E-state index is 0.0840. The van der Waals surface area contributed by atoms with Crippen LogP contribution in [0.15, 0.2) is 22.8 Å². The zero-order valence-electron chi connectivity index (χ0n) is 13.8. The van der Waals surface area contributed by atoms with Gasteiger partial charge in [0.2, 0.25) is 0 Å². The summed E-state index contributed by atoms with van der Waals surface area (Å²) >= 11 is 0. The molecule has 1 aliphatic carbocycles. The van der Waals surface area contributed by atoms with Crippen LogP contribution in [0.2, 0.25) is 0 Å². The van der Waals surface area contributed by atoms with Crippen molar-refractivity contribution in [3.63, 3.8) is 0 Å². The lowest BCUT2D eigenvalue weighted by Crippen LogP contribution is -2.48. The Morgan fingerprint density at radius 1 is 1.26 bits per heavy atom. The number of furan rings is 1. The molecule has 124 valence electrons. The van der Waals surface area contributed by atoms with E-state index < -0.39 is 0 Å². The number of amides is 1. The number of hydrogen-bond acceptors (Lipinski definition) is 3. The number of morpholine rings is 1. The van der Waals surface area contributed by atoms with Gasteiger partial charge in [-0.25, -0.2) is 0 Å². The molecule has 2 aromatic heterocycles. The molecule has 2 atom stereocenters. The molecule has 0 aromatic carbocycles. The van der Waals surface area contributed by atoms with Crippen molar-refractivity contribution in [1.82, 2.24) is 9.47 Å². The molecule has 0 bridgehead atoms. The second-order valence-corrected chi connectivity index (χ2v) is 7.07. The molecule has 3 heterocycles. The van der Waals surface area contributed by atoms with Crippen LogP contribution in [0.25, 0.3) is 11.1 Å². The number of fused-ring (bicyclic) bond motifs is 1. The maximum atomic E-state index is 13.1. The molecule has 23 heavy (non-hydrogen) atoms. The van der Waals surface area contributed by atoms with Gasteiger partial charge < -0.3 is 18.6 Å². The summed E-state index contributed by atoms with van der Waals surface area (Å²) in [5.74, 6) is 0.785. The van der Waals surface area contributed by atoms with Gasteiger partial charge in [-0.1, -0.05) is 6.42 Å². The lowest BCUT2D eigenvalue weighted by Gasteiger charge is -2.35. The highest BCUT2D eigenvalue weighted by Crippen LogP contribution is 2.31. The van der Waals surface area contributed by atoms with Crippen LogP contribution in [0.1, 0.15) is 43.6 Å². The van der Waals surface area contributed by atoms with Crippen LogP contribution >= 0.6 is 0 Å². The second-order valence-electron chi connectivity index (χ2n) is 7.07. The lowest BCUT2D eigenvalue weighted by atomic mass is 9.85. The van der Waals surface area contributed by atoms with Crippen LogP contribution in [-0.4, -0.2) is 40.7 Å². The van der Waals surface area contributed by atoms with Gasteiger partial charge in [0.1, 0.15) is 5.69 Å². The largest absolute Gasteiger partial charge is 0.463 e. The molecule has 2 fully saturated rings. The third-order valence-corrected chi connectivity index (χ3v) is 5.11. The molecule has 0 radical (unpaired) electrons. The summed E-state index contributed by atoms with van der Waals surface area (Å²) in [5, 5.41) is 0. The minimum atomic E-state index is 0.0840. The van der Waals surface area contributed by atoms with E-state index in [2.05, 4.69) is 4.57 Å². The Hall–Kier alpha value is -1.75. The van der Waals surface area contributed by atoms with Crippen molar-refractivity contribution in [2.24, 2.45) is 5.92 Å². The molecule has 0 unspecified atom stereocenters. The Balaban J connectivity index is 1.65. The van der Waals surface area contributed by atoms with Crippen molar-refractivity contribution >= 4 is 17.0 Å². The summed E-state index contributed by atoms with van der Waals surface area (Å²) in [4.78, 5) is 15.0. The van der Waals surface area contributed by atoms with Crippen molar-refractivity contribution in [1.29, 1.82) is 0 Å². The first kappa shape index (κ1) is 14.8. The Morgan fingerprint density at radius 3 is 2.65 bits per heavy atom. The monoisotopic (exact) mass is 316 g/mol. The summed E-state index contributed by atoms with van der Waals surface area (Å²) < 4.78 is 13.4. The number of carbonyl (C=O) groups is 1. The number of nitrogens with zero attached hydrogens (tertiary/aromatic N) is 2. The number of carbonyl (C=O) groups excluding carboxylic acids is 1. The van der Waals surface area contributed by atoms with E-state index in [9.17, 15) is 4.79 Å². The van der Waals surface area contributed by atoms with E-state index in [1.54, 1.807) is 6.26 Å². The van der Waals surface area contributed by atoms with E-state index in [4.69, 9.17) is 9.15 Å². The standard InChI is InChI=1S/C18H24N2O3/c1-12-9-19(10-13(2)23-12)18(21)16-8-17-15(6-7-22-17)20(16)11-14-4-3-5-14/h6-8,12-14H,3-5,9-11H2,1-2H3/t12-,13-/m0/s1. The average molecular weight is 316 g/mol.